The molecule has 0 spiro atoms. The highest BCUT2D eigenvalue weighted by molar-refractivity contribution is 5.33. The summed E-state index contributed by atoms with van der Waals surface area (Å²) in [5, 5.41) is 3.69. The number of hydrogen-bond acceptors (Lipinski definition) is 3. The summed E-state index contributed by atoms with van der Waals surface area (Å²) in [5.41, 5.74) is 3.06. The van der Waals surface area contributed by atoms with Crippen molar-refractivity contribution in [3.8, 4) is 0 Å². The fraction of sp³-hybridized carbons (Fsp3) is 0.647. The zero-order chi connectivity index (χ0) is 13.8. The number of benzene rings is 1. The van der Waals surface area contributed by atoms with E-state index in [9.17, 15) is 0 Å². The Morgan fingerprint density at radius 3 is 2.75 bits per heavy atom. The van der Waals surface area contributed by atoms with Crippen molar-refractivity contribution in [2.45, 2.75) is 38.3 Å². The molecule has 3 rings (SSSR count). The van der Waals surface area contributed by atoms with Crippen LogP contribution in [0.5, 0.6) is 0 Å². The predicted molar refractivity (Wildman–Crippen MR) is 82.0 cm³/mol. The summed E-state index contributed by atoms with van der Waals surface area (Å²) in [5.74, 6) is 0.836. The quantitative estimate of drug-likeness (QED) is 0.862. The molecule has 2 aliphatic rings. The Kier molecular flexibility index (Phi) is 4.71. The van der Waals surface area contributed by atoms with Crippen LogP contribution < -0.4 is 5.32 Å². The molecule has 1 heterocycles. The lowest BCUT2D eigenvalue weighted by atomic mass is 10.0. The smallest absolute Gasteiger partial charge is 0.0594 e. The van der Waals surface area contributed by atoms with Crippen LogP contribution in [0, 0.1) is 0 Å². The number of ether oxygens (including phenoxy) is 1. The van der Waals surface area contributed by atoms with E-state index < -0.39 is 0 Å². The number of hydrogen-bond donors (Lipinski definition) is 1. The minimum absolute atomic E-state index is 0.528. The van der Waals surface area contributed by atoms with Crippen molar-refractivity contribution in [2.24, 2.45) is 0 Å². The standard InChI is InChI=1S/C17H26N2O/c1-14(13-19-8-10-20-11-9-19)18-12-16-4-2-3-5-17(16)15-6-7-15/h2-5,14-15,18H,6-13H2,1H3. The van der Waals surface area contributed by atoms with Crippen LogP contribution >= 0.6 is 0 Å². The van der Waals surface area contributed by atoms with Gasteiger partial charge in [-0.05, 0) is 36.8 Å². The van der Waals surface area contributed by atoms with Gasteiger partial charge in [-0.3, -0.25) is 4.90 Å². The molecule has 1 aromatic rings. The second-order valence-corrected chi connectivity index (χ2v) is 6.17. The molecule has 0 amide bonds. The number of nitrogens with zero attached hydrogens (tertiary/aromatic N) is 1. The molecule has 0 radical (unpaired) electrons. The molecule has 3 nitrogen and oxygen atoms in total. The average Bonchev–Trinajstić information content (AvgIpc) is 3.31. The Hall–Kier alpha value is -0.900. The van der Waals surface area contributed by atoms with Crippen LogP contribution in [0.2, 0.25) is 0 Å². The summed E-state index contributed by atoms with van der Waals surface area (Å²) in [7, 11) is 0. The first kappa shape index (κ1) is 14.1. The van der Waals surface area contributed by atoms with Crippen LogP contribution in [0.15, 0.2) is 24.3 Å². The monoisotopic (exact) mass is 274 g/mol. The predicted octanol–water partition coefficient (Wildman–Crippen LogP) is 2.37. The second kappa shape index (κ2) is 6.70. The lowest BCUT2D eigenvalue weighted by Gasteiger charge is -2.29. The Balaban J connectivity index is 1.48. The Morgan fingerprint density at radius 2 is 2.00 bits per heavy atom. The Labute approximate surface area is 122 Å². The molecule has 0 aromatic heterocycles. The normalized spacial score (nSPS) is 21.9. The van der Waals surface area contributed by atoms with Gasteiger partial charge in [0, 0.05) is 32.2 Å². The van der Waals surface area contributed by atoms with Crippen LogP contribution in [0.1, 0.15) is 36.8 Å². The largest absolute Gasteiger partial charge is 0.379 e. The van der Waals surface area contributed by atoms with Gasteiger partial charge in [0.15, 0.2) is 0 Å². The summed E-state index contributed by atoms with van der Waals surface area (Å²) in [6.45, 7) is 8.33. The van der Waals surface area contributed by atoms with Crippen LogP contribution in [-0.4, -0.2) is 43.8 Å². The van der Waals surface area contributed by atoms with Gasteiger partial charge in [0.1, 0.15) is 0 Å². The lowest BCUT2D eigenvalue weighted by molar-refractivity contribution is 0.0343. The van der Waals surface area contributed by atoms with E-state index in [1.807, 2.05) is 0 Å². The SMILES string of the molecule is CC(CN1CCOCC1)NCc1ccccc1C1CC1. The third-order valence-electron chi connectivity index (χ3n) is 4.35. The zero-order valence-corrected chi connectivity index (χ0v) is 12.5. The van der Waals surface area contributed by atoms with Gasteiger partial charge in [-0.1, -0.05) is 24.3 Å². The molecular weight excluding hydrogens is 248 g/mol. The van der Waals surface area contributed by atoms with Crippen molar-refractivity contribution < 1.29 is 4.74 Å². The first-order chi connectivity index (χ1) is 9.83. The zero-order valence-electron chi connectivity index (χ0n) is 12.5. The summed E-state index contributed by atoms with van der Waals surface area (Å²) in [6, 6.07) is 9.45. The molecule has 1 N–H and O–H groups in total. The van der Waals surface area contributed by atoms with Crippen molar-refractivity contribution in [3.05, 3.63) is 35.4 Å². The molecule has 1 atom stereocenters. The van der Waals surface area contributed by atoms with Gasteiger partial charge >= 0.3 is 0 Å². The van der Waals surface area contributed by atoms with E-state index in [0.717, 1.165) is 45.3 Å². The van der Waals surface area contributed by atoms with Gasteiger partial charge in [0.25, 0.3) is 0 Å². The van der Waals surface area contributed by atoms with Crippen LogP contribution in [0.25, 0.3) is 0 Å². The molecule has 2 fully saturated rings. The maximum atomic E-state index is 5.40. The highest BCUT2D eigenvalue weighted by atomic mass is 16.5. The lowest BCUT2D eigenvalue weighted by Crippen LogP contribution is -2.44. The van der Waals surface area contributed by atoms with Gasteiger partial charge in [-0.2, -0.15) is 0 Å². The Bertz CT molecular complexity index is 425. The van der Waals surface area contributed by atoms with Crippen molar-refractivity contribution >= 4 is 0 Å². The van der Waals surface area contributed by atoms with Crippen molar-refractivity contribution in [2.75, 3.05) is 32.8 Å². The molecule has 3 heteroatoms. The number of nitrogens with one attached hydrogen (secondary N) is 1. The molecule has 1 saturated heterocycles. The fourth-order valence-corrected chi connectivity index (χ4v) is 3.01. The van der Waals surface area contributed by atoms with Crippen LogP contribution in [0.3, 0.4) is 0 Å². The van der Waals surface area contributed by atoms with E-state index in [1.165, 1.54) is 18.4 Å². The molecule has 1 aromatic carbocycles. The van der Waals surface area contributed by atoms with Crippen LogP contribution in [-0.2, 0) is 11.3 Å². The number of morpholine rings is 1. The topological polar surface area (TPSA) is 24.5 Å². The highest BCUT2D eigenvalue weighted by Crippen LogP contribution is 2.41. The third-order valence-corrected chi connectivity index (χ3v) is 4.35. The summed E-state index contributed by atoms with van der Waals surface area (Å²) >= 11 is 0. The molecule has 1 saturated carbocycles. The maximum absolute atomic E-state index is 5.40. The molecular formula is C17H26N2O. The second-order valence-electron chi connectivity index (χ2n) is 6.17. The van der Waals surface area contributed by atoms with Gasteiger partial charge in [0.2, 0.25) is 0 Å². The molecule has 1 aliphatic carbocycles. The van der Waals surface area contributed by atoms with Gasteiger partial charge in [-0.25, -0.2) is 0 Å². The minimum Gasteiger partial charge on any atom is -0.379 e. The van der Waals surface area contributed by atoms with E-state index in [4.69, 9.17) is 4.74 Å². The molecule has 1 aliphatic heterocycles. The number of rotatable bonds is 6. The van der Waals surface area contributed by atoms with Gasteiger partial charge in [-0.15, -0.1) is 0 Å². The van der Waals surface area contributed by atoms with Crippen molar-refractivity contribution in [1.82, 2.24) is 10.2 Å². The van der Waals surface area contributed by atoms with E-state index in [0.29, 0.717) is 6.04 Å². The van der Waals surface area contributed by atoms with E-state index in [1.54, 1.807) is 5.56 Å². The highest BCUT2D eigenvalue weighted by Gasteiger charge is 2.25. The summed E-state index contributed by atoms with van der Waals surface area (Å²) < 4.78 is 5.40. The fourth-order valence-electron chi connectivity index (χ4n) is 3.01. The minimum atomic E-state index is 0.528. The van der Waals surface area contributed by atoms with E-state index in [2.05, 4.69) is 41.4 Å². The first-order valence-corrected chi connectivity index (χ1v) is 7.94. The van der Waals surface area contributed by atoms with E-state index in [-0.39, 0.29) is 0 Å². The first-order valence-electron chi connectivity index (χ1n) is 7.94. The molecule has 20 heavy (non-hydrogen) atoms. The molecule has 0 bridgehead atoms. The Morgan fingerprint density at radius 1 is 1.25 bits per heavy atom. The van der Waals surface area contributed by atoms with Gasteiger partial charge < -0.3 is 10.1 Å². The van der Waals surface area contributed by atoms with Gasteiger partial charge in [0.05, 0.1) is 13.2 Å². The van der Waals surface area contributed by atoms with Crippen molar-refractivity contribution in [1.29, 1.82) is 0 Å². The molecule has 110 valence electrons. The van der Waals surface area contributed by atoms with Crippen molar-refractivity contribution in [3.63, 3.8) is 0 Å². The van der Waals surface area contributed by atoms with Crippen LogP contribution in [0.4, 0.5) is 0 Å². The summed E-state index contributed by atoms with van der Waals surface area (Å²) in [6.07, 6.45) is 2.75. The third kappa shape index (κ3) is 3.81. The maximum Gasteiger partial charge on any atom is 0.0594 e. The average molecular weight is 274 g/mol. The summed E-state index contributed by atoms with van der Waals surface area (Å²) in [4.78, 5) is 2.49. The van der Waals surface area contributed by atoms with E-state index >= 15 is 0 Å². The molecule has 1 unspecified atom stereocenters.